The first kappa shape index (κ1) is 15.7. The molecule has 3 aromatic rings. The third-order valence-corrected chi connectivity index (χ3v) is 4.74. The number of nitrogens with zero attached hydrogens (tertiary/aromatic N) is 4. The predicted octanol–water partition coefficient (Wildman–Crippen LogP) is 3.67. The van der Waals surface area contributed by atoms with Crippen molar-refractivity contribution in [2.75, 3.05) is 5.32 Å². The first-order chi connectivity index (χ1) is 11.1. The van der Waals surface area contributed by atoms with Crippen molar-refractivity contribution in [3.63, 3.8) is 0 Å². The summed E-state index contributed by atoms with van der Waals surface area (Å²) in [6.07, 6.45) is 3.32. The first-order valence-corrected chi connectivity index (χ1v) is 8.63. The summed E-state index contributed by atoms with van der Waals surface area (Å²) in [7, 11) is 0. The lowest BCUT2D eigenvalue weighted by Crippen LogP contribution is -2.10. The van der Waals surface area contributed by atoms with Crippen LogP contribution in [0.2, 0.25) is 0 Å². The number of amides is 1. The Morgan fingerprint density at radius 2 is 2.04 bits per heavy atom. The predicted molar refractivity (Wildman–Crippen MR) is 91.9 cm³/mol. The van der Waals surface area contributed by atoms with Crippen molar-refractivity contribution in [2.24, 2.45) is 0 Å². The summed E-state index contributed by atoms with van der Waals surface area (Å²) in [6, 6.07) is 9.09. The molecule has 0 fully saturated rings. The smallest absolute Gasteiger partial charge is 0.256 e. The maximum atomic E-state index is 12.1. The Balaban J connectivity index is 1.64. The zero-order chi connectivity index (χ0) is 16.2. The number of rotatable bonds is 5. The van der Waals surface area contributed by atoms with Gasteiger partial charge in [0.05, 0.1) is 6.20 Å². The van der Waals surface area contributed by atoms with Gasteiger partial charge in [-0.05, 0) is 12.1 Å². The van der Waals surface area contributed by atoms with Gasteiger partial charge in [-0.1, -0.05) is 43.4 Å². The summed E-state index contributed by atoms with van der Waals surface area (Å²) in [6.45, 7) is 4.09. The van der Waals surface area contributed by atoms with Crippen LogP contribution in [0.25, 0.3) is 0 Å². The number of hydrogen-bond acceptors (Lipinski definition) is 6. The lowest BCUT2D eigenvalue weighted by Gasteiger charge is -2.00. The Bertz CT molecular complexity index is 797. The van der Waals surface area contributed by atoms with E-state index in [-0.39, 0.29) is 11.8 Å². The fourth-order valence-electron chi connectivity index (χ4n) is 1.78. The van der Waals surface area contributed by atoms with Crippen LogP contribution in [0.5, 0.6) is 0 Å². The number of hydrogen-bond donors (Lipinski definition) is 1. The van der Waals surface area contributed by atoms with Crippen molar-refractivity contribution in [3.8, 4) is 0 Å². The van der Waals surface area contributed by atoms with Crippen molar-refractivity contribution in [1.82, 2.24) is 19.2 Å². The number of carbonyl (C=O) groups is 1. The van der Waals surface area contributed by atoms with Crippen LogP contribution in [0.1, 0.15) is 35.9 Å². The highest BCUT2D eigenvalue weighted by Crippen LogP contribution is 2.28. The molecule has 8 heteroatoms. The molecule has 1 amide bonds. The molecule has 0 aliphatic heterocycles. The standard InChI is InChI=1S/C15H15N5OS2/c1-10(2)13-17-9-20(19-13)23-15-16-8-12(22-15)18-14(21)11-6-4-3-5-7-11/h3-10H,1-2H3,(H,18,21). The van der Waals surface area contributed by atoms with Crippen LogP contribution in [0.15, 0.2) is 47.2 Å². The Kier molecular flexibility index (Phi) is 4.73. The van der Waals surface area contributed by atoms with Gasteiger partial charge in [-0.2, -0.15) is 4.09 Å². The van der Waals surface area contributed by atoms with Crippen LogP contribution < -0.4 is 5.32 Å². The number of nitrogens with one attached hydrogen (secondary N) is 1. The molecule has 0 unspecified atom stereocenters. The highest BCUT2D eigenvalue weighted by molar-refractivity contribution is 7.99. The lowest BCUT2D eigenvalue weighted by molar-refractivity contribution is 0.102. The van der Waals surface area contributed by atoms with Crippen LogP contribution in [-0.2, 0) is 0 Å². The van der Waals surface area contributed by atoms with Crippen molar-refractivity contribution in [3.05, 3.63) is 54.2 Å². The van der Waals surface area contributed by atoms with E-state index < -0.39 is 0 Å². The summed E-state index contributed by atoms with van der Waals surface area (Å²) in [5, 5.41) is 7.92. The van der Waals surface area contributed by atoms with Crippen molar-refractivity contribution < 1.29 is 4.79 Å². The monoisotopic (exact) mass is 345 g/mol. The normalized spacial score (nSPS) is 10.9. The number of benzene rings is 1. The fraction of sp³-hybridized carbons (Fsp3) is 0.200. The zero-order valence-electron chi connectivity index (χ0n) is 12.6. The average molecular weight is 345 g/mol. The fourth-order valence-corrected chi connectivity index (χ4v) is 3.45. The highest BCUT2D eigenvalue weighted by atomic mass is 32.2. The molecule has 23 heavy (non-hydrogen) atoms. The number of carbonyl (C=O) groups excluding carboxylic acids is 1. The van der Waals surface area contributed by atoms with E-state index in [0.717, 1.165) is 10.2 Å². The van der Waals surface area contributed by atoms with Gasteiger partial charge in [0.1, 0.15) is 11.3 Å². The Morgan fingerprint density at radius 1 is 1.26 bits per heavy atom. The third-order valence-electron chi connectivity index (χ3n) is 2.94. The quantitative estimate of drug-likeness (QED) is 0.764. The minimum atomic E-state index is -0.145. The molecule has 3 rings (SSSR count). The molecule has 0 saturated carbocycles. The van der Waals surface area contributed by atoms with E-state index in [1.807, 2.05) is 32.0 Å². The van der Waals surface area contributed by atoms with Crippen LogP contribution >= 0.6 is 23.3 Å². The van der Waals surface area contributed by atoms with Crippen LogP contribution in [-0.4, -0.2) is 25.1 Å². The molecule has 6 nitrogen and oxygen atoms in total. The summed E-state index contributed by atoms with van der Waals surface area (Å²) >= 11 is 2.77. The molecule has 0 radical (unpaired) electrons. The summed E-state index contributed by atoms with van der Waals surface area (Å²) in [5.41, 5.74) is 0.618. The summed E-state index contributed by atoms with van der Waals surface area (Å²) in [4.78, 5) is 20.6. The Labute approximate surface area is 142 Å². The van der Waals surface area contributed by atoms with E-state index in [1.54, 1.807) is 28.7 Å². The molecule has 0 spiro atoms. The molecule has 0 bridgehead atoms. The van der Waals surface area contributed by atoms with E-state index in [4.69, 9.17) is 0 Å². The van der Waals surface area contributed by atoms with Gasteiger partial charge in [0.15, 0.2) is 10.2 Å². The Morgan fingerprint density at radius 3 is 2.74 bits per heavy atom. The molecule has 2 aromatic heterocycles. The number of thiazole rings is 1. The van der Waals surface area contributed by atoms with Crippen molar-refractivity contribution in [1.29, 1.82) is 0 Å². The maximum Gasteiger partial charge on any atom is 0.256 e. The average Bonchev–Trinajstić information content (AvgIpc) is 3.18. The summed E-state index contributed by atoms with van der Waals surface area (Å²) < 4.78 is 2.46. The van der Waals surface area contributed by atoms with E-state index in [9.17, 15) is 4.79 Å². The lowest BCUT2D eigenvalue weighted by atomic mass is 10.2. The largest absolute Gasteiger partial charge is 0.312 e. The van der Waals surface area contributed by atoms with E-state index in [1.165, 1.54) is 23.3 Å². The van der Waals surface area contributed by atoms with Crippen LogP contribution in [0.4, 0.5) is 5.00 Å². The minimum Gasteiger partial charge on any atom is -0.312 e. The van der Waals surface area contributed by atoms with Crippen LogP contribution in [0.3, 0.4) is 0 Å². The van der Waals surface area contributed by atoms with E-state index in [0.29, 0.717) is 10.6 Å². The first-order valence-electron chi connectivity index (χ1n) is 7.04. The number of anilines is 1. The van der Waals surface area contributed by atoms with E-state index in [2.05, 4.69) is 20.4 Å². The van der Waals surface area contributed by atoms with Crippen LogP contribution in [0, 0.1) is 0 Å². The molecule has 0 saturated heterocycles. The van der Waals surface area contributed by atoms with Gasteiger partial charge in [-0.25, -0.2) is 9.97 Å². The second-order valence-corrected chi connectivity index (χ2v) is 7.29. The topological polar surface area (TPSA) is 72.7 Å². The maximum absolute atomic E-state index is 12.1. The minimum absolute atomic E-state index is 0.145. The van der Waals surface area contributed by atoms with Gasteiger partial charge < -0.3 is 5.32 Å². The van der Waals surface area contributed by atoms with Crippen molar-refractivity contribution in [2.45, 2.75) is 24.1 Å². The molecule has 118 valence electrons. The summed E-state index contributed by atoms with van der Waals surface area (Å²) in [5.74, 6) is 0.939. The molecule has 0 aliphatic carbocycles. The Hall–Kier alpha value is -2.19. The molecule has 1 aromatic carbocycles. The second-order valence-electron chi connectivity index (χ2n) is 5.06. The molecule has 1 N–H and O–H groups in total. The molecular formula is C15H15N5OS2. The molecular weight excluding hydrogens is 330 g/mol. The van der Waals surface area contributed by atoms with Crippen molar-refractivity contribution >= 4 is 34.2 Å². The van der Waals surface area contributed by atoms with Gasteiger partial charge in [-0.3, -0.25) is 4.79 Å². The van der Waals surface area contributed by atoms with Gasteiger partial charge in [0.25, 0.3) is 5.91 Å². The van der Waals surface area contributed by atoms with Gasteiger partial charge >= 0.3 is 0 Å². The number of aromatic nitrogens is 4. The third kappa shape index (κ3) is 3.96. The SMILES string of the molecule is CC(C)c1ncn(Sc2ncc(NC(=O)c3ccccc3)s2)n1. The van der Waals surface area contributed by atoms with Gasteiger partial charge in [0.2, 0.25) is 0 Å². The zero-order valence-corrected chi connectivity index (χ0v) is 14.3. The second kappa shape index (κ2) is 6.93. The highest BCUT2D eigenvalue weighted by Gasteiger charge is 2.11. The van der Waals surface area contributed by atoms with Gasteiger partial charge in [-0.15, -0.1) is 5.10 Å². The molecule has 0 aliphatic rings. The molecule has 2 heterocycles. The molecule has 0 atom stereocenters. The van der Waals surface area contributed by atoms with Gasteiger partial charge in [0, 0.05) is 23.4 Å². The van der Waals surface area contributed by atoms with E-state index >= 15 is 0 Å².